The number of benzene rings is 2. The normalized spacial score (nSPS) is 16.1. The lowest BCUT2D eigenvalue weighted by molar-refractivity contribution is -0.130. The van der Waals surface area contributed by atoms with E-state index in [2.05, 4.69) is 34.9 Å². The Kier molecular flexibility index (Phi) is 6.50. The Hall–Kier alpha value is -2.62. The van der Waals surface area contributed by atoms with Crippen LogP contribution in [0, 0.1) is 5.92 Å². The van der Waals surface area contributed by atoms with Crippen molar-refractivity contribution in [2.75, 3.05) is 6.54 Å². The molecule has 4 heteroatoms. The van der Waals surface area contributed by atoms with Crippen molar-refractivity contribution >= 4 is 11.8 Å². The maximum absolute atomic E-state index is 12.9. The first-order valence-corrected chi connectivity index (χ1v) is 10.2. The van der Waals surface area contributed by atoms with Crippen molar-refractivity contribution in [3.8, 4) is 0 Å². The standard InChI is InChI=1S/C24H30N2O2/c1-18(2)22(26-21(27)16-19-10-5-3-6-11-19)23(28)25-17-24(14-9-15-24)20-12-7-4-8-13-20/h3-8,10-13,18,22H,9,14-17H2,1-2H3,(H,25,28)(H,26,27)/t22-/m1/s1. The lowest BCUT2D eigenvalue weighted by Gasteiger charge is -2.43. The van der Waals surface area contributed by atoms with E-state index >= 15 is 0 Å². The second-order valence-corrected chi connectivity index (χ2v) is 8.17. The molecular formula is C24H30N2O2. The zero-order chi connectivity index (χ0) is 20.0. The molecular weight excluding hydrogens is 348 g/mol. The van der Waals surface area contributed by atoms with Gasteiger partial charge < -0.3 is 10.6 Å². The minimum atomic E-state index is -0.524. The maximum atomic E-state index is 12.9. The number of hydrogen-bond acceptors (Lipinski definition) is 2. The largest absolute Gasteiger partial charge is 0.353 e. The Bertz CT molecular complexity index is 783. The van der Waals surface area contributed by atoms with Crippen LogP contribution in [0.25, 0.3) is 0 Å². The summed E-state index contributed by atoms with van der Waals surface area (Å²) in [6.45, 7) is 4.54. The van der Waals surface area contributed by atoms with Crippen molar-refractivity contribution in [3.05, 3.63) is 71.8 Å². The van der Waals surface area contributed by atoms with Crippen molar-refractivity contribution in [1.82, 2.24) is 10.6 Å². The van der Waals surface area contributed by atoms with Crippen molar-refractivity contribution in [1.29, 1.82) is 0 Å². The van der Waals surface area contributed by atoms with Crippen LogP contribution in [-0.4, -0.2) is 24.4 Å². The fourth-order valence-corrected chi connectivity index (χ4v) is 3.87. The van der Waals surface area contributed by atoms with E-state index in [1.807, 2.05) is 50.2 Å². The molecule has 0 bridgehead atoms. The molecule has 4 nitrogen and oxygen atoms in total. The molecule has 2 N–H and O–H groups in total. The van der Waals surface area contributed by atoms with Crippen LogP contribution in [0.4, 0.5) is 0 Å². The van der Waals surface area contributed by atoms with Crippen LogP contribution >= 0.6 is 0 Å². The molecule has 0 aliphatic heterocycles. The Morgan fingerprint density at radius 2 is 1.57 bits per heavy atom. The summed E-state index contributed by atoms with van der Waals surface area (Å²) >= 11 is 0. The highest BCUT2D eigenvalue weighted by atomic mass is 16.2. The summed E-state index contributed by atoms with van der Waals surface area (Å²) in [5, 5.41) is 6.05. The first kappa shape index (κ1) is 20.1. The molecule has 1 aliphatic carbocycles. The molecule has 1 fully saturated rings. The van der Waals surface area contributed by atoms with E-state index in [1.165, 1.54) is 12.0 Å². The Morgan fingerprint density at radius 3 is 2.11 bits per heavy atom. The number of amides is 2. The van der Waals surface area contributed by atoms with Crippen molar-refractivity contribution in [3.63, 3.8) is 0 Å². The quantitative estimate of drug-likeness (QED) is 0.737. The van der Waals surface area contributed by atoms with Gasteiger partial charge in [-0.3, -0.25) is 9.59 Å². The van der Waals surface area contributed by atoms with Gasteiger partial charge in [0.1, 0.15) is 6.04 Å². The van der Waals surface area contributed by atoms with Gasteiger partial charge in [-0.25, -0.2) is 0 Å². The van der Waals surface area contributed by atoms with E-state index in [-0.39, 0.29) is 29.6 Å². The average Bonchev–Trinajstić information content (AvgIpc) is 2.66. The van der Waals surface area contributed by atoms with Gasteiger partial charge in [0.25, 0.3) is 0 Å². The third-order valence-corrected chi connectivity index (χ3v) is 5.77. The van der Waals surface area contributed by atoms with Crippen LogP contribution in [-0.2, 0) is 21.4 Å². The van der Waals surface area contributed by atoms with E-state index in [9.17, 15) is 9.59 Å². The van der Waals surface area contributed by atoms with Crippen LogP contribution in [0.1, 0.15) is 44.2 Å². The van der Waals surface area contributed by atoms with E-state index in [1.54, 1.807) is 0 Å². The number of carbonyl (C=O) groups excluding carboxylic acids is 2. The molecule has 0 radical (unpaired) electrons. The van der Waals surface area contributed by atoms with Gasteiger partial charge >= 0.3 is 0 Å². The Morgan fingerprint density at radius 1 is 0.964 bits per heavy atom. The van der Waals surface area contributed by atoms with Crippen LogP contribution in [0.2, 0.25) is 0 Å². The molecule has 0 heterocycles. The van der Waals surface area contributed by atoms with Crippen LogP contribution in [0.3, 0.4) is 0 Å². The van der Waals surface area contributed by atoms with E-state index in [4.69, 9.17) is 0 Å². The number of nitrogens with one attached hydrogen (secondary N) is 2. The molecule has 0 aromatic heterocycles. The third kappa shape index (κ3) is 4.80. The predicted octanol–water partition coefficient (Wildman–Crippen LogP) is 3.61. The number of carbonyl (C=O) groups is 2. The van der Waals surface area contributed by atoms with Gasteiger partial charge in [0.2, 0.25) is 11.8 Å². The maximum Gasteiger partial charge on any atom is 0.242 e. The average molecular weight is 379 g/mol. The zero-order valence-electron chi connectivity index (χ0n) is 16.8. The molecule has 0 unspecified atom stereocenters. The third-order valence-electron chi connectivity index (χ3n) is 5.77. The van der Waals surface area contributed by atoms with Gasteiger partial charge in [-0.2, -0.15) is 0 Å². The van der Waals surface area contributed by atoms with Crippen molar-refractivity contribution in [2.24, 2.45) is 5.92 Å². The monoisotopic (exact) mass is 378 g/mol. The van der Waals surface area contributed by atoms with Gasteiger partial charge in [0.05, 0.1) is 6.42 Å². The van der Waals surface area contributed by atoms with Crippen molar-refractivity contribution in [2.45, 2.75) is 51.0 Å². The van der Waals surface area contributed by atoms with Crippen LogP contribution in [0.15, 0.2) is 60.7 Å². The second kappa shape index (κ2) is 9.05. The summed E-state index contributed by atoms with van der Waals surface area (Å²) in [6, 6.07) is 19.5. The lowest BCUT2D eigenvalue weighted by atomic mass is 9.64. The topological polar surface area (TPSA) is 58.2 Å². The first-order valence-electron chi connectivity index (χ1n) is 10.2. The summed E-state index contributed by atoms with van der Waals surface area (Å²) < 4.78 is 0. The Labute approximate surface area is 167 Å². The summed E-state index contributed by atoms with van der Waals surface area (Å²) in [5.41, 5.74) is 2.27. The van der Waals surface area contributed by atoms with Crippen molar-refractivity contribution < 1.29 is 9.59 Å². The van der Waals surface area contributed by atoms with Gasteiger partial charge in [0.15, 0.2) is 0 Å². The lowest BCUT2D eigenvalue weighted by Crippen LogP contribution is -2.53. The second-order valence-electron chi connectivity index (χ2n) is 8.17. The number of rotatable bonds is 8. The fraction of sp³-hybridized carbons (Fsp3) is 0.417. The minimum Gasteiger partial charge on any atom is -0.353 e. The zero-order valence-corrected chi connectivity index (χ0v) is 16.8. The summed E-state index contributed by atoms with van der Waals surface area (Å²) in [4.78, 5) is 25.3. The predicted molar refractivity (Wildman–Crippen MR) is 112 cm³/mol. The van der Waals surface area contributed by atoms with Crippen LogP contribution < -0.4 is 10.6 Å². The molecule has 3 rings (SSSR count). The highest BCUT2D eigenvalue weighted by Gasteiger charge is 2.39. The molecule has 28 heavy (non-hydrogen) atoms. The van der Waals surface area contributed by atoms with Gasteiger partial charge in [-0.1, -0.05) is 80.9 Å². The molecule has 0 saturated heterocycles. The van der Waals surface area contributed by atoms with E-state index < -0.39 is 6.04 Å². The van der Waals surface area contributed by atoms with Gasteiger partial charge in [-0.05, 0) is 29.9 Å². The molecule has 2 aromatic rings. The fourth-order valence-electron chi connectivity index (χ4n) is 3.87. The molecule has 1 atom stereocenters. The molecule has 148 valence electrons. The minimum absolute atomic E-state index is 0.0220. The highest BCUT2D eigenvalue weighted by molar-refractivity contribution is 5.88. The van der Waals surface area contributed by atoms with E-state index in [0.717, 1.165) is 18.4 Å². The first-order chi connectivity index (χ1) is 13.5. The molecule has 0 spiro atoms. The number of hydrogen-bond donors (Lipinski definition) is 2. The molecule has 2 amide bonds. The van der Waals surface area contributed by atoms with Gasteiger partial charge in [0, 0.05) is 12.0 Å². The molecule has 1 saturated carbocycles. The van der Waals surface area contributed by atoms with Gasteiger partial charge in [-0.15, -0.1) is 0 Å². The SMILES string of the molecule is CC(C)[C@@H](NC(=O)Cc1ccccc1)C(=O)NCC1(c2ccccc2)CCC1. The summed E-state index contributed by atoms with van der Waals surface area (Å²) in [7, 11) is 0. The Balaban J connectivity index is 1.59. The molecule has 2 aromatic carbocycles. The smallest absolute Gasteiger partial charge is 0.242 e. The van der Waals surface area contributed by atoms with E-state index in [0.29, 0.717) is 6.54 Å². The summed E-state index contributed by atoms with van der Waals surface area (Å²) in [5.74, 6) is -0.200. The van der Waals surface area contributed by atoms with Crippen LogP contribution in [0.5, 0.6) is 0 Å². The highest BCUT2D eigenvalue weighted by Crippen LogP contribution is 2.43. The summed E-state index contributed by atoms with van der Waals surface area (Å²) in [6.07, 6.45) is 3.64. The molecule has 1 aliphatic rings.